The van der Waals surface area contributed by atoms with E-state index in [0.717, 1.165) is 22.0 Å². The fraction of sp³-hybridized carbons (Fsp3) is 0.176. The molecule has 0 unspecified atom stereocenters. The van der Waals surface area contributed by atoms with Gasteiger partial charge in [0.15, 0.2) is 5.78 Å². The lowest BCUT2D eigenvalue weighted by Crippen LogP contribution is -2.22. The van der Waals surface area contributed by atoms with Gasteiger partial charge in [0.05, 0.1) is 6.54 Å². The van der Waals surface area contributed by atoms with Crippen molar-refractivity contribution in [2.24, 2.45) is 7.05 Å². The Kier molecular flexibility index (Phi) is 3.79. The average Bonchev–Trinajstić information content (AvgIpc) is 2.86. The van der Waals surface area contributed by atoms with Crippen LogP contribution in [0.1, 0.15) is 15.9 Å². The van der Waals surface area contributed by atoms with E-state index in [1.165, 1.54) is 0 Å². The Balaban J connectivity index is 1.70. The molecule has 21 heavy (non-hydrogen) atoms. The van der Waals surface area contributed by atoms with Crippen LogP contribution in [0.25, 0.3) is 10.9 Å². The Morgan fingerprint density at radius 3 is 2.76 bits per heavy atom. The third kappa shape index (κ3) is 2.85. The number of pyridine rings is 1. The maximum atomic E-state index is 12.4. The highest BCUT2D eigenvalue weighted by Crippen LogP contribution is 2.20. The third-order valence-corrected chi connectivity index (χ3v) is 3.56. The van der Waals surface area contributed by atoms with Crippen LogP contribution < -0.4 is 5.32 Å². The van der Waals surface area contributed by atoms with Crippen LogP contribution in [0.2, 0.25) is 0 Å². The van der Waals surface area contributed by atoms with E-state index in [0.29, 0.717) is 13.1 Å². The number of carbonyl (C=O) groups is 1. The summed E-state index contributed by atoms with van der Waals surface area (Å²) in [7, 11) is 1.96. The Labute approximate surface area is 123 Å². The van der Waals surface area contributed by atoms with Crippen molar-refractivity contribution >= 4 is 16.7 Å². The van der Waals surface area contributed by atoms with Crippen molar-refractivity contribution in [2.75, 3.05) is 6.54 Å². The maximum absolute atomic E-state index is 12.4. The first-order valence-corrected chi connectivity index (χ1v) is 6.92. The summed E-state index contributed by atoms with van der Waals surface area (Å²) in [5.41, 5.74) is 2.97. The van der Waals surface area contributed by atoms with Crippen molar-refractivity contribution in [3.8, 4) is 0 Å². The number of nitrogens with zero attached hydrogens (tertiary/aromatic N) is 2. The molecule has 1 aromatic carbocycles. The number of carbonyl (C=O) groups excluding carboxylic acids is 1. The van der Waals surface area contributed by atoms with Crippen LogP contribution >= 0.6 is 0 Å². The van der Waals surface area contributed by atoms with Gasteiger partial charge in [-0.15, -0.1) is 0 Å². The van der Waals surface area contributed by atoms with Gasteiger partial charge in [-0.1, -0.05) is 18.2 Å². The Bertz CT molecular complexity index is 762. The summed E-state index contributed by atoms with van der Waals surface area (Å²) >= 11 is 0. The minimum absolute atomic E-state index is 0.112. The Morgan fingerprint density at radius 2 is 1.95 bits per heavy atom. The van der Waals surface area contributed by atoms with E-state index in [-0.39, 0.29) is 5.78 Å². The summed E-state index contributed by atoms with van der Waals surface area (Å²) in [5, 5.41) is 4.20. The monoisotopic (exact) mass is 279 g/mol. The number of para-hydroxylation sites is 1. The molecule has 106 valence electrons. The molecule has 0 bridgehead atoms. The molecule has 0 atom stereocenters. The van der Waals surface area contributed by atoms with Crippen LogP contribution in [0.3, 0.4) is 0 Å². The number of rotatable bonds is 5. The molecule has 0 radical (unpaired) electrons. The van der Waals surface area contributed by atoms with Crippen LogP contribution in [-0.2, 0) is 13.6 Å². The molecule has 3 rings (SSSR count). The lowest BCUT2D eigenvalue weighted by atomic mass is 10.1. The minimum atomic E-state index is 0.112. The maximum Gasteiger partial charge on any atom is 0.178 e. The van der Waals surface area contributed by atoms with Gasteiger partial charge in [-0.3, -0.25) is 9.78 Å². The van der Waals surface area contributed by atoms with Gasteiger partial charge >= 0.3 is 0 Å². The molecule has 0 saturated carbocycles. The summed E-state index contributed by atoms with van der Waals surface area (Å²) in [6.45, 7) is 0.995. The van der Waals surface area contributed by atoms with Gasteiger partial charge in [0, 0.05) is 48.6 Å². The van der Waals surface area contributed by atoms with Crippen molar-refractivity contribution in [1.82, 2.24) is 14.9 Å². The highest BCUT2D eigenvalue weighted by molar-refractivity contribution is 6.09. The number of benzene rings is 1. The van der Waals surface area contributed by atoms with E-state index in [4.69, 9.17) is 0 Å². The van der Waals surface area contributed by atoms with Crippen LogP contribution in [0, 0.1) is 0 Å². The van der Waals surface area contributed by atoms with Gasteiger partial charge in [-0.05, 0) is 23.8 Å². The lowest BCUT2D eigenvalue weighted by Gasteiger charge is -2.03. The summed E-state index contributed by atoms with van der Waals surface area (Å²) in [5.74, 6) is 0.112. The largest absolute Gasteiger partial charge is 0.350 e. The summed E-state index contributed by atoms with van der Waals surface area (Å²) in [6, 6.07) is 11.8. The number of ketones is 1. The summed E-state index contributed by atoms with van der Waals surface area (Å²) in [4.78, 5) is 16.3. The molecule has 4 nitrogen and oxygen atoms in total. The van der Waals surface area contributed by atoms with Crippen LogP contribution in [-0.4, -0.2) is 21.9 Å². The van der Waals surface area contributed by atoms with Crippen molar-refractivity contribution in [2.45, 2.75) is 6.54 Å². The first-order valence-electron chi connectivity index (χ1n) is 6.92. The first-order chi connectivity index (χ1) is 10.3. The number of aromatic nitrogens is 2. The molecule has 0 saturated heterocycles. The van der Waals surface area contributed by atoms with Gasteiger partial charge in [-0.25, -0.2) is 0 Å². The van der Waals surface area contributed by atoms with Gasteiger partial charge < -0.3 is 9.88 Å². The normalized spacial score (nSPS) is 10.9. The molecule has 0 aliphatic carbocycles. The molecular formula is C17H17N3O. The van der Waals surface area contributed by atoms with Gasteiger partial charge in [0.2, 0.25) is 0 Å². The highest BCUT2D eigenvalue weighted by atomic mass is 16.1. The first kappa shape index (κ1) is 13.5. The molecular weight excluding hydrogens is 262 g/mol. The second kappa shape index (κ2) is 5.89. The second-order valence-electron chi connectivity index (χ2n) is 5.05. The molecule has 1 N–H and O–H groups in total. The van der Waals surface area contributed by atoms with E-state index >= 15 is 0 Å². The fourth-order valence-corrected chi connectivity index (χ4v) is 2.48. The molecule has 0 aliphatic heterocycles. The molecule has 0 aliphatic rings. The van der Waals surface area contributed by atoms with Gasteiger partial charge in [-0.2, -0.15) is 0 Å². The molecule has 0 spiro atoms. The Morgan fingerprint density at radius 1 is 1.19 bits per heavy atom. The number of aryl methyl sites for hydroxylation is 1. The van der Waals surface area contributed by atoms with E-state index in [1.54, 1.807) is 12.4 Å². The molecule has 2 heterocycles. The summed E-state index contributed by atoms with van der Waals surface area (Å²) < 4.78 is 1.99. The SMILES string of the molecule is Cn1cc(C(=O)CNCc2ccncc2)c2ccccc21. The quantitative estimate of drug-likeness (QED) is 0.730. The molecule has 0 amide bonds. The predicted octanol–water partition coefficient (Wildman–Crippen LogP) is 2.55. The van der Waals surface area contributed by atoms with Crippen molar-refractivity contribution < 1.29 is 4.79 Å². The zero-order valence-electron chi connectivity index (χ0n) is 11.9. The Hall–Kier alpha value is -2.46. The van der Waals surface area contributed by atoms with E-state index in [2.05, 4.69) is 10.3 Å². The van der Waals surface area contributed by atoms with Crippen molar-refractivity contribution in [3.05, 3.63) is 66.1 Å². The third-order valence-electron chi connectivity index (χ3n) is 3.56. The van der Waals surface area contributed by atoms with E-state index in [9.17, 15) is 4.79 Å². The van der Waals surface area contributed by atoms with E-state index in [1.807, 2.05) is 54.2 Å². The number of fused-ring (bicyclic) bond motifs is 1. The zero-order valence-corrected chi connectivity index (χ0v) is 11.9. The van der Waals surface area contributed by atoms with Gasteiger partial charge in [0.1, 0.15) is 0 Å². The average molecular weight is 279 g/mol. The zero-order chi connectivity index (χ0) is 14.7. The topological polar surface area (TPSA) is 46.9 Å². The van der Waals surface area contributed by atoms with Crippen LogP contribution in [0.15, 0.2) is 55.0 Å². The smallest absolute Gasteiger partial charge is 0.178 e. The molecule has 0 fully saturated rings. The summed E-state index contributed by atoms with van der Waals surface area (Å²) in [6.07, 6.45) is 5.41. The highest BCUT2D eigenvalue weighted by Gasteiger charge is 2.12. The van der Waals surface area contributed by atoms with Crippen molar-refractivity contribution in [3.63, 3.8) is 0 Å². The van der Waals surface area contributed by atoms with Gasteiger partial charge in [0.25, 0.3) is 0 Å². The molecule has 2 aromatic heterocycles. The number of hydrogen-bond donors (Lipinski definition) is 1. The molecule has 3 aromatic rings. The fourth-order valence-electron chi connectivity index (χ4n) is 2.48. The van der Waals surface area contributed by atoms with E-state index < -0.39 is 0 Å². The lowest BCUT2D eigenvalue weighted by molar-refractivity contribution is 0.0992. The number of Topliss-reactive ketones (excluding diaryl/α,β-unsaturated/α-hetero) is 1. The standard InChI is InChI=1S/C17H17N3O/c1-20-12-15(14-4-2-3-5-16(14)20)17(21)11-19-10-13-6-8-18-9-7-13/h2-9,12,19H,10-11H2,1H3. The predicted molar refractivity (Wildman–Crippen MR) is 83.2 cm³/mol. The van der Waals surface area contributed by atoms with Crippen molar-refractivity contribution in [1.29, 1.82) is 0 Å². The number of nitrogens with one attached hydrogen (secondary N) is 1. The molecule has 4 heteroatoms. The van der Waals surface area contributed by atoms with Crippen LogP contribution in [0.4, 0.5) is 0 Å². The van der Waals surface area contributed by atoms with Crippen LogP contribution in [0.5, 0.6) is 0 Å². The number of hydrogen-bond acceptors (Lipinski definition) is 3. The second-order valence-corrected chi connectivity index (χ2v) is 5.05. The minimum Gasteiger partial charge on any atom is -0.350 e.